The van der Waals surface area contributed by atoms with Crippen LogP contribution in [-0.2, 0) is 26.0 Å². The number of carbonyl (C=O) groups excluding carboxylic acids is 1. The maximum Gasteiger partial charge on any atom is 0.243 e. The molecule has 8 nitrogen and oxygen atoms in total. The first-order chi connectivity index (χ1) is 16.9. The van der Waals surface area contributed by atoms with Gasteiger partial charge < -0.3 is 9.64 Å². The number of ether oxygens (including phenoxy) is 1. The second-order valence-electron chi connectivity index (χ2n) is 8.99. The zero-order valence-electron chi connectivity index (χ0n) is 20.3. The third-order valence-electron chi connectivity index (χ3n) is 6.53. The summed E-state index contributed by atoms with van der Waals surface area (Å²) in [5, 5.41) is 4.26. The van der Waals surface area contributed by atoms with Crippen molar-refractivity contribution in [3.8, 4) is 0 Å². The first-order valence-electron chi connectivity index (χ1n) is 12.3. The molecule has 2 aromatic rings. The second-order valence-corrected chi connectivity index (χ2v) is 10.9. The molecule has 0 saturated carbocycles. The van der Waals surface area contributed by atoms with E-state index in [1.807, 2.05) is 19.1 Å². The summed E-state index contributed by atoms with van der Waals surface area (Å²) >= 11 is 0. The molecular weight excluding hydrogens is 464 g/mol. The van der Waals surface area contributed by atoms with E-state index in [0.29, 0.717) is 32.7 Å². The average Bonchev–Trinajstić information content (AvgIpc) is 2.92. The summed E-state index contributed by atoms with van der Waals surface area (Å²) in [6.07, 6.45) is 4.56. The third kappa shape index (κ3) is 6.68. The number of benzene rings is 2. The van der Waals surface area contributed by atoms with Crippen LogP contribution in [0.5, 0.6) is 0 Å². The van der Waals surface area contributed by atoms with E-state index in [9.17, 15) is 13.2 Å². The number of hydrogen-bond acceptors (Lipinski definition) is 6. The lowest BCUT2D eigenvalue weighted by molar-refractivity contribution is -0.121. The number of aryl methyl sites for hydroxylation is 1. The molecule has 2 saturated heterocycles. The number of nitrogens with one attached hydrogen (secondary N) is 1. The number of hydrazone groups is 1. The van der Waals surface area contributed by atoms with Crippen LogP contribution < -0.4 is 10.3 Å². The largest absolute Gasteiger partial charge is 0.379 e. The summed E-state index contributed by atoms with van der Waals surface area (Å²) in [6, 6.07) is 15.1. The predicted molar refractivity (Wildman–Crippen MR) is 137 cm³/mol. The molecule has 35 heavy (non-hydrogen) atoms. The van der Waals surface area contributed by atoms with Crippen LogP contribution in [-0.4, -0.2) is 63.7 Å². The van der Waals surface area contributed by atoms with Crippen molar-refractivity contribution in [1.29, 1.82) is 0 Å². The number of amides is 1. The lowest BCUT2D eigenvalue weighted by Crippen LogP contribution is -2.40. The summed E-state index contributed by atoms with van der Waals surface area (Å²) in [4.78, 5) is 15.0. The van der Waals surface area contributed by atoms with E-state index in [4.69, 9.17) is 4.74 Å². The molecule has 0 aromatic heterocycles. The van der Waals surface area contributed by atoms with Crippen LogP contribution in [0.3, 0.4) is 0 Å². The van der Waals surface area contributed by atoms with Crippen LogP contribution in [0, 0.1) is 0 Å². The summed E-state index contributed by atoms with van der Waals surface area (Å²) in [6.45, 7) is 5.66. The highest BCUT2D eigenvalue weighted by Gasteiger charge is 2.26. The van der Waals surface area contributed by atoms with Gasteiger partial charge in [0.05, 0.1) is 23.8 Å². The Balaban J connectivity index is 1.26. The van der Waals surface area contributed by atoms with Crippen molar-refractivity contribution in [2.24, 2.45) is 5.10 Å². The molecule has 2 fully saturated rings. The fourth-order valence-corrected chi connectivity index (χ4v) is 5.76. The number of hydrogen-bond donors (Lipinski definition) is 1. The number of piperidine rings is 1. The van der Waals surface area contributed by atoms with E-state index in [2.05, 4.69) is 27.6 Å². The first kappa shape index (κ1) is 25.3. The van der Waals surface area contributed by atoms with Crippen molar-refractivity contribution < 1.29 is 17.9 Å². The molecule has 9 heteroatoms. The Kier molecular flexibility index (Phi) is 8.54. The highest BCUT2D eigenvalue weighted by Crippen LogP contribution is 2.21. The topological polar surface area (TPSA) is 91.3 Å². The molecular formula is C26H34N4O4S. The number of rotatable bonds is 8. The Morgan fingerprint density at radius 2 is 1.60 bits per heavy atom. The molecule has 188 valence electrons. The number of morpholine rings is 1. The molecule has 1 amide bonds. The second kappa shape index (κ2) is 11.8. The van der Waals surface area contributed by atoms with E-state index in [1.165, 1.54) is 29.3 Å². The van der Waals surface area contributed by atoms with E-state index in [-0.39, 0.29) is 17.2 Å². The summed E-state index contributed by atoms with van der Waals surface area (Å²) in [5.74, 6) is -0.181. The van der Waals surface area contributed by atoms with Crippen molar-refractivity contribution in [3.63, 3.8) is 0 Å². The van der Waals surface area contributed by atoms with Gasteiger partial charge >= 0.3 is 0 Å². The fourth-order valence-electron chi connectivity index (χ4n) is 4.35. The van der Waals surface area contributed by atoms with Gasteiger partial charge in [-0.2, -0.15) is 9.41 Å². The van der Waals surface area contributed by atoms with Crippen LogP contribution in [0.4, 0.5) is 5.69 Å². The van der Waals surface area contributed by atoms with Crippen LogP contribution in [0.2, 0.25) is 0 Å². The standard InChI is InChI=1S/C26H34N4O4S/c1-21(23-8-10-24(11-9-23)29-15-3-2-4-16-29)27-28-26(31)14-7-22-5-12-25(13-6-22)35(32,33)30-17-19-34-20-18-30/h5-6,8-13H,2-4,7,14-20H2,1H3,(H,28,31)/b27-21+. The Morgan fingerprint density at radius 3 is 2.26 bits per heavy atom. The molecule has 4 rings (SSSR count). The number of nitrogens with zero attached hydrogens (tertiary/aromatic N) is 3. The molecule has 2 aliphatic heterocycles. The molecule has 0 unspecified atom stereocenters. The molecule has 2 heterocycles. The van der Waals surface area contributed by atoms with Crippen molar-refractivity contribution in [2.75, 3.05) is 44.3 Å². The van der Waals surface area contributed by atoms with Crippen LogP contribution in [0.25, 0.3) is 0 Å². The molecule has 0 atom stereocenters. The lowest BCUT2D eigenvalue weighted by Gasteiger charge is -2.28. The summed E-state index contributed by atoms with van der Waals surface area (Å²) in [5.41, 5.74) is 6.49. The van der Waals surface area contributed by atoms with Gasteiger partial charge in [-0.15, -0.1) is 0 Å². The Hall–Kier alpha value is -2.75. The van der Waals surface area contributed by atoms with Crippen LogP contribution in [0.1, 0.15) is 43.7 Å². The normalized spacial score (nSPS) is 17.9. The fraction of sp³-hybridized carbons (Fsp3) is 0.462. The lowest BCUT2D eigenvalue weighted by atomic mass is 10.1. The Labute approximate surface area is 208 Å². The Bertz CT molecular complexity index is 1120. The minimum atomic E-state index is -3.51. The van der Waals surface area contributed by atoms with E-state index >= 15 is 0 Å². The molecule has 2 aromatic carbocycles. The SMILES string of the molecule is C/C(=N\NC(=O)CCc1ccc(S(=O)(=O)N2CCOCC2)cc1)c1ccc(N2CCCCC2)cc1. The van der Waals surface area contributed by atoms with E-state index < -0.39 is 10.0 Å². The minimum Gasteiger partial charge on any atom is -0.379 e. The molecule has 0 aliphatic carbocycles. The minimum absolute atomic E-state index is 0.181. The van der Waals surface area contributed by atoms with Gasteiger partial charge in [0.25, 0.3) is 0 Å². The Morgan fingerprint density at radius 1 is 0.943 bits per heavy atom. The van der Waals surface area contributed by atoms with Crippen molar-refractivity contribution in [1.82, 2.24) is 9.73 Å². The third-order valence-corrected chi connectivity index (χ3v) is 8.44. The zero-order chi connectivity index (χ0) is 24.7. The van der Waals surface area contributed by atoms with Gasteiger partial charge in [-0.1, -0.05) is 24.3 Å². The van der Waals surface area contributed by atoms with Crippen molar-refractivity contribution in [2.45, 2.75) is 43.9 Å². The number of anilines is 1. The highest BCUT2D eigenvalue weighted by atomic mass is 32.2. The van der Waals surface area contributed by atoms with Crippen LogP contribution in [0.15, 0.2) is 58.5 Å². The van der Waals surface area contributed by atoms with Gasteiger partial charge in [-0.05, 0) is 68.0 Å². The summed E-state index contributed by atoms with van der Waals surface area (Å²) in [7, 11) is -3.51. The average molecular weight is 499 g/mol. The van der Waals surface area contributed by atoms with Gasteiger partial charge in [0.1, 0.15) is 0 Å². The van der Waals surface area contributed by atoms with E-state index in [1.54, 1.807) is 24.3 Å². The maximum atomic E-state index is 12.7. The monoisotopic (exact) mass is 498 g/mol. The van der Waals surface area contributed by atoms with E-state index in [0.717, 1.165) is 29.9 Å². The zero-order valence-corrected chi connectivity index (χ0v) is 21.1. The molecule has 2 aliphatic rings. The van der Waals surface area contributed by atoms with Gasteiger partial charge in [0.15, 0.2) is 0 Å². The number of sulfonamides is 1. The van der Waals surface area contributed by atoms with Gasteiger partial charge in [-0.3, -0.25) is 4.79 Å². The maximum absolute atomic E-state index is 12.7. The quantitative estimate of drug-likeness (QED) is 0.446. The molecule has 0 spiro atoms. The molecule has 0 radical (unpaired) electrons. The molecule has 1 N–H and O–H groups in total. The van der Waals surface area contributed by atoms with Gasteiger partial charge in [-0.25, -0.2) is 13.8 Å². The summed E-state index contributed by atoms with van der Waals surface area (Å²) < 4.78 is 32.1. The van der Waals surface area contributed by atoms with Crippen LogP contribution >= 0.6 is 0 Å². The van der Waals surface area contributed by atoms with Gasteiger partial charge in [0, 0.05) is 38.3 Å². The first-order valence-corrected chi connectivity index (χ1v) is 13.7. The van der Waals surface area contributed by atoms with Crippen molar-refractivity contribution in [3.05, 3.63) is 59.7 Å². The van der Waals surface area contributed by atoms with Gasteiger partial charge in [0.2, 0.25) is 15.9 Å². The van der Waals surface area contributed by atoms with Crippen molar-refractivity contribution >= 4 is 27.3 Å². The predicted octanol–water partition coefficient (Wildman–Crippen LogP) is 3.17. The smallest absolute Gasteiger partial charge is 0.243 e. The highest BCUT2D eigenvalue weighted by molar-refractivity contribution is 7.89. The molecule has 0 bridgehead atoms. The number of carbonyl (C=O) groups is 1.